The number of allylic oxidation sites excluding steroid dienone is 4. The van der Waals surface area contributed by atoms with Gasteiger partial charge in [-0.3, -0.25) is 0 Å². The van der Waals surface area contributed by atoms with Crippen LogP contribution in [-0.4, -0.2) is 0 Å². The number of hydrogen-bond acceptors (Lipinski definition) is 0. The van der Waals surface area contributed by atoms with Crippen LogP contribution in [0.25, 0.3) is 0 Å². The minimum absolute atomic E-state index is 0.782. The van der Waals surface area contributed by atoms with Crippen LogP contribution in [-0.2, 0) is 0 Å². The molecular weight excluding hydrogens is 288 g/mol. The van der Waals surface area contributed by atoms with Crippen LogP contribution < -0.4 is 0 Å². The predicted octanol–water partition coefficient (Wildman–Crippen LogP) is 7.32. The number of rotatable bonds is 6. The Morgan fingerprint density at radius 1 is 0.708 bits per heavy atom. The first kappa shape index (κ1) is 19.4. The quantitative estimate of drug-likeness (QED) is 0.449. The van der Waals surface area contributed by atoms with Crippen molar-refractivity contribution in [1.82, 2.24) is 0 Å². The molecule has 24 heavy (non-hydrogen) atoms. The highest BCUT2D eigenvalue weighted by molar-refractivity contribution is 5.24. The summed E-state index contributed by atoms with van der Waals surface area (Å²) < 4.78 is 0. The maximum absolute atomic E-state index is 3.22. The molecule has 0 bridgehead atoms. The van der Waals surface area contributed by atoms with E-state index in [2.05, 4.69) is 50.0 Å². The third-order valence-electron chi connectivity index (χ3n) is 6.31. The van der Waals surface area contributed by atoms with Gasteiger partial charge in [0.15, 0.2) is 0 Å². The van der Waals surface area contributed by atoms with Crippen molar-refractivity contribution in [2.75, 3.05) is 0 Å². The van der Waals surface area contributed by atoms with E-state index in [1.54, 1.807) is 0 Å². The van der Waals surface area contributed by atoms with E-state index in [1.807, 2.05) is 0 Å². The van der Waals surface area contributed by atoms with Crippen LogP contribution in [0.5, 0.6) is 0 Å². The van der Waals surface area contributed by atoms with E-state index in [0.717, 1.165) is 23.7 Å². The standard InChI is InChI=1S/C24H38/c1-3-5-10-22-17-19-24(20-18-22)12-9-7-6-8-11-23-15-13-21(4-2)14-16-23/h8-9,11-12,21-24H,3-5,10,13-20H2,1-2H3/b11-8+,12-9+/t21-,22-,23-,24-. The van der Waals surface area contributed by atoms with E-state index < -0.39 is 0 Å². The zero-order valence-corrected chi connectivity index (χ0v) is 16.1. The maximum Gasteiger partial charge on any atom is -0.0153 e. The zero-order chi connectivity index (χ0) is 17.0. The second kappa shape index (κ2) is 11.6. The van der Waals surface area contributed by atoms with E-state index >= 15 is 0 Å². The first-order chi connectivity index (χ1) is 11.8. The molecule has 0 saturated heterocycles. The van der Waals surface area contributed by atoms with Crippen LogP contribution in [0.3, 0.4) is 0 Å². The summed E-state index contributed by atoms with van der Waals surface area (Å²) in [6.45, 7) is 4.63. The van der Waals surface area contributed by atoms with Crippen LogP contribution in [0, 0.1) is 35.5 Å². The minimum Gasteiger partial charge on any atom is -0.0730 e. The van der Waals surface area contributed by atoms with Crippen molar-refractivity contribution in [1.29, 1.82) is 0 Å². The lowest BCUT2D eigenvalue weighted by Crippen LogP contribution is -2.12. The predicted molar refractivity (Wildman–Crippen MR) is 107 cm³/mol. The average molecular weight is 327 g/mol. The molecule has 2 fully saturated rings. The van der Waals surface area contributed by atoms with E-state index in [0.29, 0.717) is 0 Å². The Kier molecular flexibility index (Phi) is 9.34. The van der Waals surface area contributed by atoms with Crippen molar-refractivity contribution in [3.63, 3.8) is 0 Å². The average Bonchev–Trinajstić information content (AvgIpc) is 2.64. The van der Waals surface area contributed by atoms with Gasteiger partial charge >= 0.3 is 0 Å². The summed E-state index contributed by atoms with van der Waals surface area (Å²) in [6.07, 6.45) is 25.7. The molecule has 0 nitrogen and oxygen atoms in total. The van der Waals surface area contributed by atoms with Gasteiger partial charge in [-0.05, 0) is 87.2 Å². The summed E-state index contributed by atoms with van der Waals surface area (Å²) in [5, 5.41) is 0. The van der Waals surface area contributed by atoms with E-state index in [-0.39, 0.29) is 0 Å². The van der Waals surface area contributed by atoms with Gasteiger partial charge in [0.2, 0.25) is 0 Å². The molecule has 0 aliphatic heterocycles. The molecule has 2 aliphatic carbocycles. The third-order valence-corrected chi connectivity index (χ3v) is 6.31. The molecule has 0 aromatic rings. The monoisotopic (exact) mass is 326 g/mol. The fourth-order valence-electron chi connectivity index (χ4n) is 4.42. The second-order valence-corrected chi connectivity index (χ2v) is 8.12. The van der Waals surface area contributed by atoms with Gasteiger partial charge < -0.3 is 0 Å². The summed E-state index contributed by atoms with van der Waals surface area (Å²) in [5.74, 6) is 9.99. The van der Waals surface area contributed by atoms with E-state index in [9.17, 15) is 0 Å². The van der Waals surface area contributed by atoms with Crippen molar-refractivity contribution in [2.24, 2.45) is 23.7 Å². The molecule has 0 aromatic carbocycles. The molecule has 0 unspecified atom stereocenters. The molecule has 2 aliphatic rings. The maximum atomic E-state index is 3.22. The lowest BCUT2D eigenvalue weighted by Gasteiger charge is -2.26. The van der Waals surface area contributed by atoms with Crippen LogP contribution in [0.4, 0.5) is 0 Å². The zero-order valence-electron chi connectivity index (χ0n) is 16.1. The summed E-state index contributed by atoms with van der Waals surface area (Å²) in [5.41, 5.74) is 0. The Balaban J connectivity index is 1.61. The van der Waals surface area contributed by atoms with E-state index in [1.165, 1.54) is 77.0 Å². The van der Waals surface area contributed by atoms with Gasteiger partial charge in [-0.2, -0.15) is 0 Å². The molecule has 2 rings (SSSR count). The summed E-state index contributed by atoms with van der Waals surface area (Å²) in [7, 11) is 0. The Labute approximate surface area is 151 Å². The lowest BCUT2D eigenvalue weighted by atomic mass is 9.80. The number of hydrogen-bond donors (Lipinski definition) is 0. The molecular formula is C24H38. The molecule has 0 N–H and O–H groups in total. The van der Waals surface area contributed by atoms with Gasteiger partial charge in [-0.25, -0.2) is 0 Å². The van der Waals surface area contributed by atoms with Crippen molar-refractivity contribution >= 4 is 0 Å². The number of unbranched alkanes of at least 4 members (excludes halogenated alkanes) is 1. The Hall–Kier alpha value is -0.960. The summed E-state index contributed by atoms with van der Waals surface area (Å²) in [4.78, 5) is 0. The van der Waals surface area contributed by atoms with Crippen molar-refractivity contribution in [3.8, 4) is 11.8 Å². The van der Waals surface area contributed by atoms with Gasteiger partial charge in [-0.1, -0.05) is 63.5 Å². The van der Waals surface area contributed by atoms with Gasteiger partial charge in [0, 0.05) is 0 Å². The largest absolute Gasteiger partial charge is 0.0730 e. The normalized spacial score (nSPS) is 31.2. The fourth-order valence-corrected chi connectivity index (χ4v) is 4.42. The summed E-state index contributed by atoms with van der Waals surface area (Å²) in [6, 6.07) is 0. The van der Waals surface area contributed by atoms with Crippen LogP contribution in [0.2, 0.25) is 0 Å². The third kappa shape index (κ3) is 7.29. The van der Waals surface area contributed by atoms with Gasteiger partial charge in [-0.15, -0.1) is 0 Å². The molecule has 2 saturated carbocycles. The Morgan fingerprint density at radius 3 is 1.67 bits per heavy atom. The highest BCUT2D eigenvalue weighted by Crippen LogP contribution is 2.32. The molecule has 0 amide bonds. The topological polar surface area (TPSA) is 0 Å². The highest BCUT2D eigenvalue weighted by atomic mass is 14.2. The first-order valence-electron chi connectivity index (χ1n) is 10.7. The van der Waals surface area contributed by atoms with Crippen molar-refractivity contribution in [3.05, 3.63) is 24.3 Å². The van der Waals surface area contributed by atoms with Gasteiger partial charge in [0.25, 0.3) is 0 Å². The minimum atomic E-state index is 0.782. The molecule has 0 atom stereocenters. The Bertz CT molecular complexity index is 428. The lowest BCUT2D eigenvalue weighted by molar-refractivity contribution is 0.291. The molecule has 0 radical (unpaired) electrons. The summed E-state index contributed by atoms with van der Waals surface area (Å²) >= 11 is 0. The molecule has 0 heteroatoms. The molecule has 0 spiro atoms. The smallest absolute Gasteiger partial charge is 0.0153 e. The van der Waals surface area contributed by atoms with Crippen molar-refractivity contribution in [2.45, 2.75) is 90.9 Å². The van der Waals surface area contributed by atoms with E-state index in [4.69, 9.17) is 0 Å². The second-order valence-electron chi connectivity index (χ2n) is 8.12. The van der Waals surface area contributed by atoms with Crippen LogP contribution in [0.15, 0.2) is 24.3 Å². The van der Waals surface area contributed by atoms with Crippen LogP contribution >= 0.6 is 0 Å². The Morgan fingerprint density at radius 2 is 1.21 bits per heavy atom. The van der Waals surface area contributed by atoms with Crippen LogP contribution in [0.1, 0.15) is 90.9 Å². The van der Waals surface area contributed by atoms with Gasteiger partial charge in [0.05, 0.1) is 0 Å². The van der Waals surface area contributed by atoms with Crippen molar-refractivity contribution < 1.29 is 0 Å². The van der Waals surface area contributed by atoms with Gasteiger partial charge in [0.1, 0.15) is 0 Å². The fraction of sp³-hybridized carbons (Fsp3) is 0.750. The first-order valence-corrected chi connectivity index (χ1v) is 10.7. The highest BCUT2D eigenvalue weighted by Gasteiger charge is 2.19. The molecule has 0 aromatic heterocycles. The SMILES string of the molecule is CCCC[C@H]1CC[C@H](/C=C/C#C/C=C/[C@H]2CC[C@H](CC)CC2)CC1. The molecule has 134 valence electrons. The molecule has 0 heterocycles.